The molecule has 2 aromatic heterocycles. The van der Waals surface area contributed by atoms with Crippen molar-refractivity contribution in [3.8, 4) is 0 Å². The first kappa shape index (κ1) is 40.4. The Labute approximate surface area is 306 Å². The van der Waals surface area contributed by atoms with E-state index < -0.39 is 41.6 Å². The molecule has 0 saturated heterocycles. The van der Waals surface area contributed by atoms with E-state index >= 15 is 0 Å². The third-order valence-electron chi connectivity index (χ3n) is 10.1. The standard InChI is InChI=1S/C38H57N5O7S/c1-28(2)50-37(48)36(47)31(24-29-12-6-4-7-13-29)43(25-32-40-21-23-51-32)34(45)16-15-33(44)42(27-38(49)18-9-5-10-19-38)26-35(46)41(3)22-17-30-14-8-11-20-39-30/h8,11,14,20-21,23,28-29,31,36,47,49H,4-7,9-10,12-13,15-19,22,24-27H2,1-3H3/t31-,36+/m0/s1. The van der Waals surface area contributed by atoms with E-state index in [1.54, 1.807) is 43.6 Å². The lowest BCUT2D eigenvalue weighted by Crippen LogP contribution is -2.52. The summed E-state index contributed by atoms with van der Waals surface area (Å²) in [5.41, 5.74) is -0.250. The molecule has 2 fully saturated rings. The number of rotatable bonds is 18. The molecule has 0 radical (unpaired) electrons. The zero-order valence-corrected chi connectivity index (χ0v) is 31.4. The Morgan fingerprint density at radius 3 is 2.31 bits per heavy atom. The zero-order valence-electron chi connectivity index (χ0n) is 30.6. The van der Waals surface area contributed by atoms with Crippen LogP contribution in [0.3, 0.4) is 0 Å². The Morgan fingerprint density at radius 1 is 0.961 bits per heavy atom. The van der Waals surface area contributed by atoms with Crippen molar-refractivity contribution in [1.29, 1.82) is 0 Å². The van der Waals surface area contributed by atoms with Crippen molar-refractivity contribution >= 4 is 35.0 Å². The van der Waals surface area contributed by atoms with Crippen LogP contribution >= 0.6 is 11.3 Å². The molecule has 2 heterocycles. The minimum absolute atomic E-state index is 0.00668. The van der Waals surface area contributed by atoms with E-state index in [0.29, 0.717) is 37.2 Å². The van der Waals surface area contributed by atoms with Crippen molar-refractivity contribution in [3.05, 3.63) is 46.7 Å². The highest BCUT2D eigenvalue weighted by atomic mass is 32.1. The second kappa shape index (κ2) is 20.0. The molecule has 0 aromatic carbocycles. The number of pyridine rings is 1. The maximum atomic E-state index is 14.2. The van der Waals surface area contributed by atoms with E-state index in [1.165, 1.54) is 21.1 Å². The van der Waals surface area contributed by atoms with Gasteiger partial charge in [0.1, 0.15) is 5.01 Å². The number of thiazole rings is 1. The summed E-state index contributed by atoms with van der Waals surface area (Å²) in [5.74, 6) is -1.63. The molecule has 0 aliphatic heterocycles. The fourth-order valence-electron chi connectivity index (χ4n) is 7.23. The molecule has 0 bridgehead atoms. The number of amides is 3. The van der Waals surface area contributed by atoms with E-state index in [0.717, 1.165) is 57.1 Å². The van der Waals surface area contributed by atoms with Crippen LogP contribution in [0.15, 0.2) is 36.0 Å². The summed E-state index contributed by atoms with van der Waals surface area (Å²) in [7, 11) is 1.69. The molecule has 51 heavy (non-hydrogen) atoms. The molecule has 2 N–H and O–H groups in total. The fraction of sp³-hybridized carbons (Fsp3) is 0.684. The van der Waals surface area contributed by atoms with Crippen molar-refractivity contribution in [2.24, 2.45) is 5.92 Å². The predicted octanol–water partition coefficient (Wildman–Crippen LogP) is 4.52. The largest absolute Gasteiger partial charge is 0.461 e. The van der Waals surface area contributed by atoms with Gasteiger partial charge in [-0.3, -0.25) is 19.4 Å². The number of carbonyl (C=O) groups is 4. The van der Waals surface area contributed by atoms with Crippen molar-refractivity contribution in [2.45, 2.75) is 134 Å². The summed E-state index contributed by atoms with van der Waals surface area (Å²) >= 11 is 1.37. The number of esters is 1. The smallest absolute Gasteiger partial charge is 0.337 e. The first-order valence-electron chi connectivity index (χ1n) is 18.6. The SMILES string of the molecule is CC(C)OC(=O)[C@H](O)[C@H](CC1CCCCC1)N(Cc1nccs1)C(=O)CCC(=O)N(CC(=O)N(C)CCc1ccccn1)CC1(O)CCCCC1. The number of hydrogen-bond donors (Lipinski definition) is 2. The van der Waals surface area contributed by atoms with E-state index in [4.69, 9.17) is 4.74 Å². The van der Waals surface area contributed by atoms with Crippen LogP contribution in [0.4, 0.5) is 0 Å². The second-order valence-electron chi connectivity index (χ2n) is 14.6. The Hall–Kier alpha value is -3.42. The molecular formula is C38H57N5O7S. The Bertz CT molecular complexity index is 1380. The summed E-state index contributed by atoms with van der Waals surface area (Å²) in [5, 5.41) is 25.3. The molecule has 0 unspecified atom stereocenters. The average Bonchev–Trinajstić information content (AvgIpc) is 3.64. The van der Waals surface area contributed by atoms with Gasteiger partial charge < -0.3 is 29.6 Å². The molecule has 4 rings (SSSR count). The minimum atomic E-state index is -1.56. The fourth-order valence-corrected chi connectivity index (χ4v) is 7.84. The van der Waals surface area contributed by atoms with Gasteiger partial charge >= 0.3 is 5.97 Å². The number of nitrogens with zero attached hydrogens (tertiary/aromatic N) is 5. The molecule has 2 aliphatic carbocycles. The minimum Gasteiger partial charge on any atom is -0.461 e. The molecule has 282 valence electrons. The van der Waals surface area contributed by atoms with Crippen molar-refractivity contribution < 1.29 is 34.1 Å². The molecule has 0 spiro atoms. The molecule has 2 aliphatic rings. The number of ether oxygens (including phenoxy) is 1. The molecule has 12 nitrogen and oxygen atoms in total. The zero-order chi connectivity index (χ0) is 36.8. The summed E-state index contributed by atoms with van der Waals surface area (Å²) in [4.78, 5) is 67.8. The second-order valence-corrected chi connectivity index (χ2v) is 15.6. The Kier molecular flexibility index (Phi) is 15.8. The Morgan fingerprint density at radius 2 is 1.67 bits per heavy atom. The lowest BCUT2D eigenvalue weighted by Gasteiger charge is -2.38. The van der Waals surface area contributed by atoms with Crippen molar-refractivity contribution in [1.82, 2.24) is 24.7 Å². The topological polar surface area (TPSA) is 153 Å². The molecule has 13 heteroatoms. The van der Waals surface area contributed by atoms with Gasteiger partial charge in [0.2, 0.25) is 17.7 Å². The summed E-state index contributed by atoms with van der Waals surface area (Å²) in [6, 6.07) is 4.76. The van der Waals surface area contributed by atoms with Crippen LogP contribution in [0.25, 0.3) is 0 Å². The number of hydrogen-bond acceptors (Lipinski definition) is 10. The van der Waals surface area contributed by atoms with Crippen LogP contribution in [0.1, 0.15) is 108 Å². The van der Waals surface area contributed by atoms with Crippen LogP contribution < -0.4 is 0 Å². The van der Waals surface area contributed by atoms with Gasteiger partial charge in [-0.05, 0) is 51.2 Å². The average molecular weight is 728 g/mol. The van der Waals surface area contributed by atoms with Crippen molar-refractivity contribution in [3.63, 3.8) is 0 Å². The van der Waals surface area contributed by atoms with Gasteiger partial charge in [0.15, 0.2) is 6.10 Å². The van der Waals surface area contributed by atoms with E-state index in [1.807, 2.05) is 18.2 Å². The van der Waals surface area contributed by atoms with Gasteiger partial charge in [-0.1, -0.05) is 57.4 Å². The van der Waals surface area contributed by atoms with Crippen LogP contribution in [0.5, 0.6) is 0 Å². The van der Waals surface area contributed by atoms with Gasteiger partial charge in [-0.2, -0.15) is 0 Å². The van der Waals surface area contributed by atoms with Crippen LogP contribution in [0.2, 0.25) is 0 Å². The predicted molar refractivity (Wildman–Crippen MR) is 194 cm³/mol. The maximum absolute atomic E-state index is 14.2. The summed E-state index contributed by atoms with van der Waals surface area (Å²) < 4.78 is 5.39. The van der Waals surface area contributed by atoms with Crippen LogP contribution in [-0.2, 0) is 36.9 Å². The van der Waals surface area contributed by atoms with Crippen LogP contribution in [0, 0.1) is 5.92 Å². The van der Waals surface area contributed by atoms with E-state index in [9.17, 15) is 29.4 Å². The third kappa shape index (κ3) is 12.9. The van der Waals surface area contributed by atoms with E-state index in [-0.39, 0.29) is 44.3 Å². The quantitative estimate of drug-likeness (QED) is 0.211. The summed E-state index contributed by atoms with van der Waals surface area (Å²) in [6.45, 7) is 3.70. The monoisotopic (exact) mass is 727 g/mol. The van der Waals surface area contributed by atoms with Gasteiger partial charge in [0.05, 0.1) is 30.8 Å². The van der Waals surface area contributed by atoms with Crippen molar-refractivity contribution in [2.75, 3.05) is 26.7 Å². The number of aliphatic hydroxyl groups excluding tert-OH is 1. The molecule has 2 aromatic rings. The number of likely N-dealkylation sites (N-methyl/N-ethyl adjacent to an activating group) is 1. The Balaban J connectivity index is 1.50. The highest BCUT2D eigenvalue weighted by Crippen LogP contribution is 2.32. The lowest BCUT2D eigenvalue weighted by molar-refractivity contribution is -0.164. The third-order valence-corrected chi connectivity index (χ3v) is 10.9. The van der Waals surface area contributed by atoms with Crippen LogP contribution in [-0.4, -0.2) is 109 Å². The molecular weight excluding hydrogens is 671 g/mol. The van der Waals surface area contributed by atoms with E-state index in [2.05, 4.69) is 9.97 Å². The molecule has 2 saturated carbocycles. The summed E-state index contributed by atoms with van der Waals surface area (Å²) in [6.07, 6.45) is 10.8. The molecule has 2 atom stereocenters. The number of aliphatic hydroxyl groups is 2. The highest BCUT2D eigenvalue weighted by molar-refractivity contribution is 7.09. The number of aromatic nitrogens is 2. The van der Waals surface area contributed by atoms with Gasteiger partial charge in [-0.25, -0.2) is 9.78 Å². The first-order chi connectivity index (χ1) is 24.4. The van der Waals surface area contributed by atoms with Gasteiger partial charge in [-0.15, -0.1) is 11.3 Å². The van der Waals surface area contributed by atoms with Gasteiger partial charge in [0.25, 0.3) is 0 Å². The lowest BCUT2D eigenvalue weighted by atomic mass is 9.83. The maximum Gasteiger partial charge on any atom is 0.337 e. The molecule has 3 amide bonds. The van der Waals surface area contributed by atoms with Gasteiger partial charge in [0, 0.05) is 62.9 Å². The number of carbonyl (C=O) groups excluding carboxylic acids is 4. The first-order valence-corrected chi connectivity index (χ1v) is 19.5. The highest BCUT2D eigenvalue weighted by Gasteiger charge is 2.39. The normalized spacial score (nSPS) is 17.4.